The van der Waals surface area contributed by atoms with Gasteiger partial charge in [0.2, 0.25) is 0 Å². The molecule has 164 valence electrons. The van der Waals surface area contributed by atoms with Crippen LogP contribution in [0.3, 0.4) is 0 Å². The molecule has 0 aliphatic carbocycles. The van der Waals surface area contributed by atoms with Crippen molar-refractivity contribution in [3.63, 3.8) is 0 Å². The summed E-state index contributed by atoms with van der Waals surface area (Å²) in [4.78, 5) is 13.2. The monoisotopic (exact) mass is 455 g/mol. The molecule has 0 unspecified atom stereocenters. The van der Waals surface area contributed by atoms with Crippen LogP contribution in [0.2, 0.25) is 0 Å². The summed E-state index contributed by atoms with van der Waals surface area (Å²) in [7, 11) is 0. The van der Waals surface area contributed by atoms with Crippen LogP contribution in [0.15, 0.2) is 72.8 Å². The number of hydrogen-bond donors (Lipinski definition) is 2. The minimum absolute atomic E-state index is 0.130. The van der Waals surface area contributed by atoms with E-state index in [0.717, 1.165) is 32.2 Å². The van der Waals surface area contributed by atoms with Gasteiger partial charge >= 0.3 is 6.18 Å². The molecule has 0 bridgehead atoms. The van der Waals surface area contributed by atoms with Crippen molar-refractivity contribution in [2.45, 2.75) is 12.6 Å². The lowest BCUT2D eigenvalue weighted by molar-refractivity contribution is -0.137. The number of nitrogens with one attached hydrogen (secondary N) is 1. The van der Waals surface area contributed by atoms with Gasteiger partial charge < -0.3 is 10.4 Å². The Bertz CT molecular complexity index is 1260. The van der Waals surface area contributed by atoms with Crippen LogP contribution >= 0.6 is 11.3 Å². The van der Waals surface area contributed by atoms with Crippen molar-refractivity contribution in [2.75, 3.05) is 13.2 Å². The van der Waals surface area contributed by atoms with Gasteiger partial charge in [-0.15, -0.1) is 11.3 Å². The van der Waals surface area contributed by atoms with Crippen LogP contribution in [0.4, 0.5) is 13.2 Å². The Balaban J connectivity index is 1.66. The van der Waals surface area contributed by atoms with E-state index >= 15 is 0 Å². The molecule has 0 radical (unpaired) electrons. The fourth-order valence-electron chi connectivity index (χ4n) is 3.59. The minimum Gasteiger partial charge on any atom is -0.395 e. The first-order valence-corrected chi connectivity index (χ1v) is 10.8. The number of rotatable bonds is 6. The van der Waals surface area contributed by atoms with Gasteiger partial charge in [0.15, 0.2) is 0 Å². The number of carbonyl (C=O) groups excluding carboxylic acids is 1. The molecule has 0 spiro atoms. The molecule has 1 amide bonds. The smallest absolute Gasteiger partial charge is 0.395 e. The van der Waals surface area contributed by atoms with E-state index < -0.39 is 11.7 Å². The van der Waals surface area contributed by atoms with Crippen molar-refractivity contribution >= 4 is 27.3 Å². The van der Waals surface area contributed by atoms with Crippen LogP contribution in [0.1, 0.15) is 26.4 Å². The molecule has 1 heterocycles. The third-order valence-electron chi connectivity index (χ3n) is 5.06. The van der Waals surface area contributed by atoms with Crippen molar-refractivity contribution in [2.24, 2.45) is 0 Å². The van der Waals surface area contributed by atoms with E-state index in [1.54, 1.807) is 35.6 Å². The molecule has 0 saturated carbocycles. The summed E-state index contributed by atoms with van der Waals surface area (Å²) < 4.78 is 40.1. The lowest BCUT2D eigenvalue weighted by Crippen LogP contribution is -2.26. The van der Waals surface area contributed by atoms with Gasteiger partial charge in [-0.3, -0.25) is 4.79 Å². The predicted molar refractivity (Wildman–Crippen MR) is 121 cm³/mol. The van der Waals surface area contributed by atoms with Gasteiger partial charge in [-0.1, -0.05) is 48.5 Å². The molecule has 0 aliphatic rings. The lowest BCUT2D eigenvalue weighted by atomic mass is 10.0. The molecule has 0 fully saturated rings. The maximum absolute atomic E-state index is 13.0. The Morgan fingerprint density at radius 1 is 0.969 bits per heavy atom. The van der Waals surface area contributed by atoms with Crippen molar-refractivity contribution in [3.05, 3.63) is 94.4 Å². The predicted octanol–water partition coefficient (Wildman–Crippen LogP) is 5.90. The molecule has 0 aliphatic heterocycles. The minimum atomic E-state index is -4.36. The number of aliphatic hydroxyl groups excluding tert-OH is 1. The van der Waals surface area contributed by atoms with Gasteiger partial charge in [0.1, 0.15) is 0 Å². The van der Waals surface area contributed by atoms with Gasteiger partial charge in [-0.2, -0.15) is 13.2 Å². The molecule has 7 heteroatoms. The largest absolute Gasteiger partial charge is 0.416 e. The van der Waals surface area contributed by atoms with Crippen LogP contribution in [0.5, 0.6) is 0 Å². The van der Waals surface area contributed by atoms with Gasteiger partial charge in [-0.25, -0.2) is 0 Å². The SMILES string of the molecule is O=C(NCCO)c1cccc(-c2cccc3cc(Cc4cccc(C(F)(F)F)c4)sc23)c1. The summed E-state index contributed by atoms with van der Waals surface area (Å²) in [5.41, 5.74) is 2.29. The third kappa shape index (κ3) is 4.84. The molecule has 0 saturated heterocycles. The van der Waals surface area contributed by atoms with Crippen LogP contribution < -0.4 is 5.32 Å². The van der Waals surface area contributed by atoms with E-state index in [1.165, 1.54) is 12.1 Å². The van der Waals surface area contributed by atoms with Crippen molar-refractivity contribution < 1.29 is 23.1 Å². The standard InChI is InChI=1S/C25H20F3NO2S/c26-25(27,28)20-8-1-4-16(12-20)13-21-15-18-6-3-9-22(23(18)32-21)17-5-2-7-19(14-17)24(31)29-10-11-30/h1-9,12,14-15,30H,10-11,13H2,(H,29,31). The number of alkyl halides is 3. The van der Waals surface area contributed by atoms with Gasteiger partial charge in [0, 0.05) is 28.1 Å². The molecule has 0 atom stereocenters. The van der Waals surface area contributed by atoms with Gasteiger partial charge in [-0.05, 0) is 46.3 Å². The highest BCUT2D eigenvalue weighted by molar-refractivity contribution is 7.19. The number of amides is 1. The Morgan fingerprint density at radius 2 is 1.75 bits per heavy atom. The quantitative estimate of drug-likeness (QED) is 0.380. The Labute approximate surface area is 187 Å². The highest BCUT2D eigenvalue weighted by atomic mass is 32.1. The first-order chi connectivity index (χ1) is 15.3. The first kappa shape index (κ1) is 22.0. The average Bonchev–Trinajstić information content (AvgIpc) is 3.19. The Morgan fingerprint density at radius 3 is 2.53 bits per heavy atom. The topological polar surface area (TPSA) is 49.3 Å². The van der Waals surface area contributed by atoms with E-state index in [0.29, 0.717) is 17.5 Å². The lowest BCUT2D eigenvalue weighted by Gasteiger charge is -2.08. The molecule has 3 nitrogen and oxygen atoms in total. The Hall–Kier alpha value is -3.16. The number of hydrogen-bond acceptors (Lipinski definition) is 3. The van der Waals surface area contributed by atoms with Crippen LogP contribution in [-0.4, -0.2) is 24.2 Å². The van der Waals surface area contributed by atoms with E-state index in [2.05, 4.69) is 5.32 Å². The molecule has 2 N–H and O–H groups in total. The fourth-order valence-corrected chi connectivity index (χ4v) is 4.82. The number of thiophene rings is 1. The van der Waals surface area contributed by atoms with E-state index in [9.17, 15) is 18.0 Å². The number of aliphatic hydroxyl groups is 1. The fraction of sp³-hybridized carbons (Fsp3) is 0.160. The molecule has 32 heavy (non-hydrogen) atoms. The van der Waals surface area contributed by atoms with E-state index in [1.807, 2.05) is 30.3 Å². The highest BCUT2D eigenvalue weighted by Gasteiger charge is 2.30. The second-order valence-corrected chi connectivity index (χ2v) is 8.51. The van der Waals surface area contributed by atoms with Gasteiger partial charge in [0.05, 0.1) is 12.2 Å². The van der Waals surface area contributed by atoms with Crippen LogP contribution in [0.25, 0.3) is 21.2 Å². The van der Waals surface area contributed by atoms with E-state index in [-0.39, 0.29) is 19.1 Å². The molecule has 1 aromatic heterocycles. The number of fused-ring (bicyclic) bond motifs is 1. The van der Waals surface area contributed by atoms with Gasteiger partial charge in [0.25, 0.3) is 5.91 Å². The normalized spacial score (nSPS) is 11.6. The molecule has 4 aromatic rings. The zero-order valence-corrected chi connectivity index (χ0v) is 17.8. The van der Waals surface area contributed by atoms with Crippen LogP contribution in [-0.2, 0) is 12.6 Å². The second kappa shape index (κ2) is 9.14. The summed E-state index contributed by atoms with van der Waals surface area (Å²) >= 11 is 1.54. The average molecular weight is 456 g/mol. The van der Waals surface area contributed by atoms with E-state index in [4.69, 9.17) is 5.11 Å². The van der Waals surface area contributed by atoms with Crippen molar-refractivity contribution in [1.82, 2.24) is 5.32 Å². The summed E-state index contributed by atoms with van der Waals surface area (Å²) in [5.74, 6) is -0.260. The maximum atomic E-state index is 13.0. The zero-order chi connectivity index (χ0) is 22.7. The molecule has 3 aromatic carbocycles. The zero-order valence-electron chi connectivity index (χ0n) is 16.9. The number of benzene rings is 3. The highest BCUT2D eigenvalue weighted by Crippen LogP contribution is 2.36. The first-order valence-electron chi connectivity index (χ1n) is 10.0. The molecule has 4 rings (SSSR count). The molecular weight excluding hydrogens is 435 g/mol. The summed E-state index contributed by atoms with van der Waals surface area (Å²) in [6.07, 6.45) is -3.95. The number of carbonyl (C=O) groups is 1. The second-order valence-electron chi connectivity index (χ2n) is 7.37. The molecular formula is C25H20F3NO2S. The summed E-state index contributed by atoms with van der Waals surface area (Å²) in [5, 5.41) is 12.6. The maximum Gasteiger partial charge on any atom is 0.416 e. The Kier molecular flexibility index (Phi) is 6.30. The van der Waals surface area contributed by atoms with Crippen LogP contribution in [0, 0.1) is 0 Å². The number of halogens is 3. The third-order valence-corrected chi connectivity index (χ3v) is 6.25. The summed E-state index contributed by atoms with van der Waals surface area (Å²) in [6, 6.07) is 20.5. The summed E-state index contributed by atoms with van der Waals surface area (Å²) in [6.45, 7) is 0.0526. The van der Waals surface area contributed by atoms with Crippen molar-refractivity contribution in [1.29, 1.82) is 0 Å². The van der Waals surface area contributed by atoms with Crippen molar-refractivity contribution in [3.8, 4) is 11.1 Å².